The Hall–Kier alpha value is -2.90. The molecule has 0 heterocycles. The Labute approximate surface area is 140 Å². The van der Waals surface area contributed by atoms with Crippen LogP contribution in [0.3, 0.4) is 0 Å². The van der Waals surface area contributed by atoms with Crippen molar-refractivity contribution in [3.63, 3.8) is 0 Å². The molecule has 0 radical (unpaired) electrons. The Balaban J connectivity index is 1.98. The van der Waals surface area contributed by atoms with Crippen molar-refractivity contribution in [3.05, 3.63) is 84.4 Å². The van der Waals surface area contributed by atoms with Gasteiger partial charge in [0.2, 0.25) is 0 Å². The van der Waals surface area contributed by atoms with Gasteiger partial charge in [0.15, 0.2) is 0 Å². The molecule has 114 valence electrons. The molecule has 0 spiro atoms. The molecule has 24 heavy (non-hydrogen) atoms. The van der Waals surface area contributed by atoms with Gasteiger partial charge >= 0.3 is 0 Å². The van der Waals surface area contributed by atoms with Crippen LogP contribution in [-0.4, -0.2) is 0 Å². The van der Waals surface area contributed by atoms with Crippen LogP contribution in [0.25, 0.3) is 43.4 Å². The zero-order chi connectivity index (χ0) is 16.1. The lowest BCUT2D eigenvalue weighted by Crippen LogP contribution is -1.99. The molecule has 5 aromatic rings. The molecule has 0 bridgehead atoms. The SMILES string of the molecule is NCc1ccccc1-c1ccc2ccc3cccc4ccc1c2c34. The molecule has 5 rings (SSSR count). The second kappa shape index (κ2) is 5.05. The largest absolute Gasteiger partial charge is 0.326 e. The second-order valence-corrected chi connectivity index (χ2v) is 6.33. The van der Waals surface area contributed by atoms with Gasteiger partial charge in [-0.15, -0.1) is 0 Å². The van der Waals surface area contributed by atoms with Gasteiger partial charge in [0.1, 0.15) is 0 Å². The zero-order valence-electron chi connectivity index (χ0n) is 13.3. The zero-order valence-corrected chi connectivity index (χ0v) is 13.3. The topological polar surface area (TPSA) is 26.0 Å². The van der Waals surface area contributed by atoms with Crippen molar-refractivity contribution in [2.75, 3.05) is 0 Å². The molecule has 0 aliphatic heterocycles. The van der Waals surface area contributed by atoms with Crippen LogP contribution in [0.5, 0.6) is 0 Å². The van der Waals surface area contributed by atoms with Crippen molar-refractivity contribution in [2.24, 2.45) is 5.73 Å². The van der Waals surface area contributed by atoms with Gasteiger partial charge in [-0.2, -0.15) is 0 Å². The van der Waals surface area contributed by atoms with Crippen LogP contribution in [0.15, 0.2) is 78.9 Å². The fourth-order valence-electron chi connectivity index (χ4n) is 3.93. The Morgan fingerprint density at radius 1 is 0.542 bits per heavy atom. The highest BCUT2D eigenvalue weighted by molar-refractivity contribution is 6.25. The normalized spacial score (nSPS) is 11.7. The van der Waals surface area contributed by atoms with Gasteiger partial charge in [-0.3, -0.25) is 0 Å². The number of rotatable bonds is 2. The molecule has 0 saturated carbocycles. The van der Waals surface area contributed by atoms with E-state index < -0.39 is 0 Å². The van der Waals surface area contributed by atoms with Crippen LogP contribution >= 0.6 is 0 Å². The fraction of sp³-hybridized carbons (Fsp3) is 0.0435. The average Bonchev–Trinajstić information content (AvgIpc) is 2.66. The molecular formula is C23H17N. The summed E-state index contributed by atoms with van der Waals surface area (Å²) in [4.78, 5) is 0. The second-order valence-electron chi connectivity index (χ2n) is 6.33. The number of benzene rings is 5. The number of hydrogen-bond donors (Lipinski definition) is 1. The maximum Gasteiger partial charge on any atom is 0.0184 e. The summed E-state index contributed by atoms with van der Waals surface area (Å²) in [5.41, 5.74) is 9.66. The van der Waals surface area contributed by atoms with E-state index in [9.17, 15) is 0 Å². The van der Waals surface area contributed by atoms with Crippen molar-refractivity contribution >= 4 is 32.3 Å². The van der Waals surface area contributed by atoms with E-state index in [1.54, 1.807) is 0 Å². The first-order chi connectivity index (χ1) is 11.9. The number of nitrogens with two attached hydrogens (primary N) is 1. The summed E-state index contributed by atoms with van der Waals surface area (Å²) < 4.78 is 0. The molecule has 0 amide bonds. The van der Waals surface area contributed by atoms with E-state index >= 15 is 0 Å². The summed E-state index contributed by atoms with van der Waals surface area (Å²) in [7, 11) is 0. The van der Waals surface area contributed by atoms with Gasteiger partial charge in [0, 0.05) is 6.54 Å². The molecule has 1 nitrogen and oxygen atoms in total. The van der Waals surface area contributed by atoms with Crippen LogP contribution in [0, 0.1) is 0 Å². The van der Waals surface area contributed by atoms with E-state index in [-0.39, 0.29) is 0 Å². The summed E-state index contributed by atoms with van der Waals surface area (Å²) in [5.74, 6) is 0. The summed E-state index contributed by atoms with van der Waals surface area (Å²) in [6, 6.07) is 28.4. The molecule has 0 aliphatic rings. The summed E-state index contributed by atoms with van der Waals surface area (Å²) in [6.45, 7) is 0.554. The Bertz CT molecular complexity index is 1170. The standard InChI is InChI=1S/C23H17N/c24-14-18-4-1-2-7-19(18)20-12-10-17-9-8-15-5-3-6-16-11-13-21(20)23(17)22(15)16/h1-13H,14,24H2. The van der Waals surface area contributed by atoms with E-state index in [2.05, 4.69) is 78.9 Å². The van der Waals surface area contributed by atoms with Crippen molar-refractivity contribution < 1.29 is 0 Å². The van der Waals surface area contributed by atoms with Crippen LogP contribution in [-0.2, 0) is 6.54 Å². The first-order valence-electron chi connectivity index (χ1n) is 8.32. The van der Waals surface area contributed by atoms with Crippen LogP contribution in [0.1, 0.15) is 5.56 Å². The minimum absolute atomic E-state index is 0.554. The Kier molecular flexibility index (Phi) is 2.85. The van der Waals surface area contributed by atoms with E-state index in [1.165, 1.54) is 49.0 Å². The molecule has 1 heteroatoms. The summed E-state index contributed by atoms with van der Waals surface area (Å²) in [5, 5.41) is 7.92. The fourth-order valence-corrected chi connectivity index (χ4v) is 3.93. The summed E-state index contributed by atoms with van der Waals surface area (Å²) in [6.07, 6.45) is 0. The van der Waals surface area contributed by atoms with E-state index in [4.69, 9.17) is 5.73 Å². The molecule has 0 saturated heterocycles. The highest BCUT2D eigenvalue weighted by Gasteiger charge is 2.13. The van der Waals surface area contributed by atoms with Crippen LogP contribution in [0.4, 0.5) is 0 Å². The Morgan fingerprint density at radius 3 is 2.00 bits per heavy atom. The Morgan fingerprint density at radius 2 is 1.21 bits per heavy atom. The maximum atomic E-state index is 5.98. The van der Waals surface area contributed by atoms with Gasteiger partial charge in [0.25, 0.3) is 0 Å². The average molecular weight is 307 g/mol. The third kappa shape index (κ3) is 1.79. The minimum Gasteiger partial charge on any atom is -0.326 e. The molecule has 2 N–H and O–H groups in total. The van der Waals surface area contributed by atoms with E-state index in [1.807, 2.05) is 0 Å². The molecular weight excluding hydrogens is 290 g/mol. The van der Waals surface area contributed by atoms with Crippen molar-refractivity contribution in [1.82, 2.24) is 0 Å². The first kappa shape index (κ1) is 13.5. The van der Waals surface area contributed by atoms with Crippen LogP contribution < -0.4 is 5.73 Å². The third-order valence-corrected chi connectivity index (χ3v) is 5.06. The lowest BCUT2D eigenvalue weighted by atomic mass is 9.88. The van der Waals surface area contributed by atoms with Crippen molar-refractivity contribution in [2.45, 2.75) is 6.54 Å². The van der Waals surface area contributed by atoms with Crippen molar-refractivity contribution in [3.8, 4) is 11.1 Å². The van der Waals surface area contributed by atoms with Gasteiger partial charge in [0.05, 0.1) is 0 Å². The molecule has 5 aromatic carbocycles. The van der Waals surface area contributed by atoms with Gasteiger partial charge in [-0.1, -0.05) is 78.9 Å². The molecule has 0 aromatic heterocycles. The van der Waals surface area contributed by atoms with Crippen molar-refractivity contribution in [1.29, 1.82) is 0 Å². The lowest BCUT2D eigenvalue weighted by molar-refractivity contribution is 1.07. The minimum atomic E-state index is 0.554. The predicted octanol–water partition coefficient (Wildman–Crippen LogP) is 5.71. The third-order valence-electron chi connectivity index (χ3n) is 5.06. The molecule has 0 unspecified atom stereocenters. The number of hydrogen-bond acceptors (Lipinski definition) is 1. The van der Waals surface area contributed by atoms with E-state index in [0.29, 0.717) is 6.54 Å². The molecule has 0 aliphatic carbocycles. The van der Waals surface area contributed by atoms with Gasteiger partial charge in [-0.25, -0.2) is 0 Å². The highest BCUT2D eigenvalue weighted by Crippen LogP contribution is 2.39. The molecule has 0 fully saturated rings. The molecule has 0 atom stereocenters. The smallest absolute Gasteiger partial charge is 0.0184 e. The predicted molar refractivity (Wildman–Crippen MR) is 103 cm³/mol. The summed E-state index contributed by atoms with van der Waals surface area (Å²) >= 11 is 0. The van der Waals surface area contributed by atoms with Gasteiger partial charge in [-0.05, 0) is 49.0 Å². The van der Waals surface area contributed by atoms with Crippen LogP contribution in [0.2, 0.25) is 0 Å². The lowest BCUT2D eigenvalue weighted by Gasteiger charge is -2.15. The highest BCUT2D eigenvalue weighted by atomic mass is 14.5. The first-order valence-corrected chi connectivity index (χ1v) is 8.32. The maximum absolute atomic E-state index is 5.98. The van der Waals surface area contributed by atoms with E-state index in [0.717, 1.165) is 0 Å². The monoisotopic (exact) mass is 307 g/mol. The quantitative estimate of drug-likeness (QED) is 0.415. The van der Waals surface area contributed by atoms with Gasteiger partial charge < -0.3 is 5.73 Å².